The molecule has 0 fully saturated rings. The highest BCUT2D eigenvalue weighted by molar-refractivity contribution is 6.04. The molecule has 13 nitrogen and oxygen atoms in total. The maximum absolute atomic E-state index is 13.0. The second kappa shape index (κ2) is 10.6. The fraction of sp³-hybridized carbons (Fsp3) is 0.269. The minimum atomic E-state index is -0.837. The number of anilines is 1. The van der Waals surface area contributed by atoms with E-state index < -0.39 is 34.7 Å². The first-order chi connectivity index (χ1) is 18.5. The van der Waals surface area contributed by atoms with Crippen LogP contribution >= 0.6 is 0 Å². The molecule has 4 rings (SSSR count). The normalized spacial score (nSPS) is 12.4. The third-order valence-electron chi connectivity index (χ3n) is 6.36. The van der Waals surface area contributed by atoms with Crippen LogP contribution in [0.4, 0.5) is 5.69 Å². The van der Waals surface area contributed by atoms with Crippen LogP contribution in [0.3, 0.4) is 0 Å². The Balaban J connectivity index is 1.90. The monoisotopic (exact) mass is 530 g/mol. The number of aryl methyl sites for hydroxylation is 1. The van der Waals surface area contributed by atoms with E-state index in [2.05, 4.69) is 26.6 Å². The first-order valence-corrected chi connectivity index (χ1v) is 11.8. The van der Waals surface area contributed by atoms with Gasteiger partial charge in [-0.25, -0.2) is 4.98 Å². The lowest BCUT2D eigenvalue weighted by Crippen LogP contribution is -2.29. The van der Waals surface area contributed by atoms with Gasteiger partial charge in [-0.3, -0.25) is 23.6 Å². The molecule has 0 saturated heterocycles. The second-order valence-electron chi connectivity index (χ2n) is 9.23. The van der Waals surface area contributed by atoms with Crippen molar-refractivity contribution in [3.63, 3.8) is 0 Å². The molecule has 13 heteroatoms. The first kappa shape index (κ1) is 26.8. The zero-order chi connectivity index (χ0) is 28.4. The van der Waals surface area contributed by atoms with Crippen LogP contribution < -0.4 is 10.9 Å². The lowest BCUT2D eigenvalue weighted by Gasteiger charge is -2.26. The van der Waals surface area contributed by atoms with Crippen LogP contribution in [-0.2, 0) is 14.1 Å². The minimum absolute atomic E-state index is 0.162. The number of carbonyl (C=O) groups is 2. The molecular formula is C26H26N8O5. The molecule has 2 atom stereocenters. The number of aromatic hydroxyl groups is 1. The number of nitrogens with zero attached hydrogens (tertiary/aromatic N) is 7. The van der Waals surface area contributed by atoms with Gasteiger partial charge in [0.05, 0.1) is 24.0 Å². The van der Waals surface area contributed by atoms with Gasteiger partial charge in [0, 0.05) is 51.8 Å². The van der Waals surface area contributed by atoms with E-state index >= 15 is 0 Å². The Morgan fingerprint density at radius 1 is 1.23 bits per heavy atom. The number of hydrogen-bond donors (Lipinski definition) is 2. The average Bonchev–Trinajstić information content (AvgIpc) is 3.58. The van der Waals surface area contributed by atoms with Crippen molar-refractivity contribution in [2.45, 2.75) is 18.8 Å². The highest BCUT2D eigenvalue weighted by Gasteiger charge is 2.32. The third-order valence-corrected chi connectivity index (χ3v) is 6.36. The fourth-order valence-electron chi connectivity index (χ4n) is 4.43. The SMILES string of the molecule is CC(c1nc(C(=O)Nc2cnoc2)c(O)c(=O)n1C)C(c1cnn(C)c1)c1cc(C(=O)N(C)C)ccc1C#N. The Morgan fingerprint density at radius 3 is 2.56 bits per heavy atom. The maximum atomic E-state index is 13.0. The molecule has 3 heterocycles. The Bertz CT molecular complexity index is 1650. The Labute approximate surface area is 222 Å². The first-order valence-electron chi connectivity index (χ1n) is 11.8. The van der Waals surface area contributed by atoms with Crippen LogP contribution in [-0.4, -0.2) is 60.4 Å². The Morgan fingerprint density at radius 2 is 1.97 bits per heavy atom. The Kier molecular flexibility index (Phi) is 7.30. The van der Waals surface area contributed by atoms with Crippen molar-refractivity contribution in [1.29, 1.82) is 5.26 Å². The molecule has 0 bridgehead atoms. The van der Waals surface area contributed by atoms with E-state index in [-0.39, 0.29) is 17.4 Å². The summed E-state index contributed by atoms with van der Waals surface area (Å²) in [5, 5.41) is 30.7. The number of rotatable bonds is 7. The van der Waals surface area contributed by atoms with Gasteiger partial charge in [0.15, 0.2) is 5.69 Å². The molecule has 39 heavy (non-hydrogen) atoms. The molecule has 2 unspecified atom stereocenters. The summed E-state index contributed by atoms with van der Waals surface area (Å²) in [6, 6.07) is 6.98. The number of amides is 2. The molecule has 0 radical (unpaired) electrons. The van der Waals surface area contributed by atoms with E-state index in [0.29, 0.717) is 22.3 Å². The summed E-state index contributed by atoms with van der Waals surface area (Å²) in [5.74, 6) is -2.99. The van der Waals surface area contributed by atoms with E-state index in [1.165, 1.54) is 24.4 Å². The van der Waals surface area contributed by atoms with Crippen LogP contribution in [0.15, 0.2) is 52.4 Å². The smallest absolute Gasteiger partial charge is 0.296 e. The molecule has 3 aromatic heterocycles. The van der Waals surface area contributed by atoms with Crippen molar-refractivity contribution in [3.8, 4) is 11.8 Å². The molecule has 2 N–H and O–H groups in total. The lowest BCUT2D eigenvalue weighted by molar-refractivity contribution is 0.0827. The van der Waals surface area contributed by atoms with Gasteiger partial charge in [-0.1, -0.05) is 12.1 Å². The largest absolute Gasteiger partial charge is 0.501 e. The molecule has 1 aromatic carbocycles. The summed E-state index contributed by atoms with van der Waals surface area (Å²) < 4.78 is 7.45. The molecule has 0 spiro atoms. The van der Waals surface area contributed by atoms with Gasteiger partial charge in [0.2, 0.25) is 5.75 Å². The quantitative estimate of drug-likeness (QED) is 0.362. The highest BCUT2D eigenvalue weighted by atomic mass is 16.5. The summed E-state index contributed by atoms with van der Waals surface area (Å²) in [4.78, 5) is 44.5. The third kappa shape index (κ3) is 5.12. The fourth-order valence-corrected chi connectivity index (χ4v) is 4.43. The van der Waals surface area contributed by atoms with Crippen molar-refractivity contribution in [2.24, 2.45) is 14.1 Å². The minimum Gasteiger partial charge on any atom is -0.501 e. The number of nitrogens with one attached hydrogen (secondary N) is 1. The molecule has 2 amide bonds. The number of carbonyl (C=O) groups excluding carboxylic acids is 2. The van der Waals surface area contributed by atoms with Gasteiger partial charge in [0.1, 0.15) is 17.8 Å². The van der Waals surface area contributed by atoms with Gasteiger partial charge in [0.25, 0.3) is 17.4 Å². The maximum Gasteiger partial charge on any atom is 0.296 e. The molecular weight excluding hydrogens is 504 g/mol. The average molecular weight is 531 g/mol. The predicted molar refractivity (Wildman–Crippen MR) is 138 cm³/mol. The van der Waals surface area contributed by atoms with Crippen LogP contribution in [0, 0.1) is 11.3 Å². The number of hydrogen-bond acceptors (Lipinski definition) is 9. The summed E-state index contributed by atoms with van der Waals surface area (Å²) >= 11 is 0. The summed E-state index contributed by atoms with van der Waals surface area (Å²) in [7, 11) is 6.43. The molecule has 0 aliphatic carbocycles. The number of nitriles is 1. The zero-order valence-electron chi connectivity index (χ0n) is 21.9. The molecule has 0 aliphatic heterocycles. The van der Waals surface area contributed by atoms with Crippen LogP contribution in [0.25, 0.3) is 0 Å². The van der Waals surface area contributed by atoms with E-state index in [4.69, 9.17) is 4.52 Å². The van der Waals surface area contributed by atoms with Crippen LogP contribution in [0.1, 0.15) is 62.1 Å². The van der Waals surface area contributed by atoms with Crippen molar-refractivity contribution in [1.82, 2.24) is 29.4 Å². The van der Waals surface area contributed by atoms with E-state index in [1.807, 2.05) is 0 Å². The van der Waals surface area contributed by atoms with Crippen molar-refractivity contribution in [3.05, 3.63) is 87.2 Å². The van der Waals surface area contributed by atoms with E-state index in [9.17, 15) is 24.8 Å². The van der Waals surface area contributed by atoms with Crippen molar-refractivity contribution >= 4 is 17.5 Å². The highest BCUT2D eigenvalue weighted by Crippen LogP contribution is 2.39. The van der Waals surface area contributed by atoms with Gasteiger partial charge < -0.3 is 19.8 Å². The van der Waals surface area contributed by atoms with Crippen molar-refractivity contribution < 1.29 is 19.2 Å². The summed E-state index contributed by atoms with van der Waals surface area (Å²) in [6.07, 6.45) is 5.83. The topological polar surface area (TPSA) is 172 Å². The number of benzene rings is 1. The van der Waals surface area contributed by atoms with Crippen LogP contribution in [0.5, 0.6) is 5.75 Å². The van der Waals surface area contributed by atoms with E-state index in [1.54, 1.807) is 63.3 Å². The standard InChI is InChI=1S/C26H26N8O5/c1-14(23-31-21(22(35)26(38)34(23)5)24(36)30-18-11-29-39-13-18)20(17-10-28-33(4)12-17)19-8-15(25(37)32(2)3)6-7-16(19)9-27/h6-8,10-14,20,35H,1-5H3,(H,30,36). The number of aromatic nitrogens is 5. The lowest BCUT2D eigenvalue weighted by atomic mass is 9.79. The Hall–Kier alpha value is -5.25. The van der Waals surface area contributed by atoms with Gasteiger partial charge in [-0.15, -0.1) is 0 Å². The summed E-state index contributed by atoms with van der Waals surface area (Å²) in [5.41, 5.74) is 0.798. The summed E-state index contributed by atoms with van der Waals surface area (Å²) in [6.45, 7) is 1.78. The van der Waals surface area contributed by atoms with Crippen LogP contribution in [0.2, 0.25) is 0 Å². The van der Waals surface area contributed by atoms with Crippen molar-refractivity contribution in [2.75, 3.05) is 19.4 Å². The molecule has 200 valence electrons. The van der Waals surface area contributed by atoms with E-state index in [0.717, 1.165) is 4.57 Å². The molecule has 0 aliphatic rings. The van der Waals surface area contributed by atoms with Gasteiger partial charge in [-0.2, -0.15) is 10.4 Å². The molecule has 0 saturated carbocycles. The second-order valence-corrected chi connectivity index (χ2v) is 9.23. The van der Waals surface area contributed by atoms with Gasteiger partial charge >= 0.3 is 0 Å². The van der Waals surface area contributed by atoms with Gasteiger partial charge in [-0.05, 0) is 29.3 Å². The predicted octanol–water partition coefficient (Wildman–Crippen LogP) is 1.97. The molecule has 4 aromatic rings. The zero-order valence-corrected chi connectivity index (χ0v) is 21.9.